The first-order valence-corrected chi connectivity index (χ1v) is 24.0. The van der Waals surface area contributed by atoms with Gasteiger partial charge in [0.05, 0.1) is 20.6 Å². The van der Waals surface area contributed by atoms with Crippen LogP contribution >= 0.6 is 10.7 Å². The Morgan fingerprint density at radius 2 is 0.922 bits per heavy atom. The summed E-state index contributed by atoms with van der Waals surface area (Å²) in [7, 11) is -2.62. The molecule has 0 spiro atoms. The van der Waals surface area contributed by atoms with Crippen LogP contribution in [0.2, 0.25) is 0 Å². The van der Waals surface area contributed by atoms with Crippen molar-refractivity contribution in [3.8, 4) is 45.3 Å². The maximum atomic E-state index is 13.2. The molecule has 0 radical (unpaired) electrons. The lowest BCUT2D eigenvalue weighted by Gasteiger charge is -2.17. The van der Waals surface area contributed by atoms with E-state index in [2.05, 4.69) is 10.6 Å². The summed E-state index contributed by atoms with van der Waals surface area (Å²) >= 11 is 0. The Morgan fingerprint density at radius 1 is 0.531 bits per heavy atom. The lowest BCUT2D eigenvalue weighted by molar-refractivity contribution is -0.119. The zero-order valence-corrected chi connectivity index (χ0v) is 36.9. The minimum absolute atomic E-state index is 0.0458. The fourth-order valence-corrected chi connectivity index (χ4v) is 9.31. The summed E-state index contributed by atoms with van der Waals surface area (Å²) in [6, 6.07) is 34.9. The zero-order chi connectivity index (χ0) is 45.0. The van der Waals surface area contributed by atoms with Crippen LogP contribution in [-0.2, 0) is 39.6 Å². The van der Waals surface area contributed by atoms with E-state index in [1.54, 1.807) is 24.3 Å². The third-order valence-electron chi connectivity index (χ3n) is 12.1. The van der Waals surface area contributed by atoms with Crippen LogP contribution in [0, 0.1) is 13.8 Å². The number of hydrogen-bond acceptors (Lipinski definition) is 10. The molecule has 0 aromatic heterocycles. The summed E-state index contributed by atoms with van der Waals surface area (Å²) < 4.78 is 76.5. The van der Waals surface area contributed by atoms with Gasteiger partial charge in [0.15, 0.2) is 23.0 Å². The lowest BCUT2D eigenvalue weighted by Crippen LogP contribution is -2.27. The van der Waals surface area contributed by atoms with E-state index in [1.165, 1.54) is 24.3 Å². The van der Waals surface area contributed by atoms with Crippen molar-refractivity contribution in [2.24, 2.45) is 0 Å². The number of halogens is 1. The third kappa shape index (κ3) is 8.51. The van der Waals surface area contributed by atoms with Crippen LogP contribution in [0.3, 0.4) is 0 Å². The third-order valence-corrected chi connectivity index (χ3v) is 14.4. The van der Waals surface area contributed by atoms with E-state index in [4.69, 9.17) is 29.6 Å². The Balaban J connectivity index is 0.000000162. The molecule has 2 heterocycles. The second-order valence-electron chi connectivity index (χ2n) is 16.2. The van der Waals surface area contributed by atoms with Crippen LogP contribution < -0.4 is 29.6 Å². The van der Waals surface area contributed by atoms with Crippen molar-refractivity contribution >= 4 is 53.0 Å². The van der Waals surface area contributed by atoms with Crippen molar-refractivity contribution in [3.05, 3.63) is 144 Å². The number of hydrogen-bond donors (Lipinski definition) is 3. The van der Waals surface area contributed by atoms with Crippen molar-refractivity contribution in [1.82, 2.24) is 0 Å². The Hall–Kier alpha value is -6.39. The van der Waals surface area contributed by atoms with Gasteiger partial charge in [-0.1, -0.05) is 48.5 Å². The van der Waals surface area contributed by atoms with Crippen molar-refractivity contribution < 1.29 is 49.9 Å². The molecule has 0 saturated heterocycles. The SMILES string of the molecule is Cc1ccc(NC(=O)C2(c3ccc4c(c3)OCO4)CC2)cc1-c1ccc(S(=O)(=O)Cl)cc1.Cc1ccc(NC(=O)C2(c3ccc4c(c3)OCO4)CC2)cc1-c1ccc(S(=O)(=O)O)cc1. The standard InChI is InChI=1S/C24H20ClNO5S.C24H21NO6S/c1-15-2-6-18(13-20(15)16-3-7-19(8-4-16)32(25,28)29)26-23(27)24(10-11-24)17-5-9-21-22(12-17)31-14-30-21;1-15-2-6-18(13-20(15)16-3-7-19(8-4-16)32(27,28)29)25-23(26)24(10-11-24)17-5-9-21-22(12-17)31-14-30-21/h2-9,12-13H,10-11,14H2,1H3,(H,26,27);2-9,12-13H,10-11,14H2,1H3,(H,25,26)(H,27,28,29). The summed E-state index contributed by atoms with van der Waals surface area (Å²) in [5, 5.41) is 6.09. The first-order valence-electron chi connectivity index (χ1n) is 20.3. The van der Waals surface area contributed by atoms with Gasteiger partial charge in [-0.2, -0.15) is 8.42 Å². The molecule has 2 aliphatic carbocycles. The summed E-state index contributed by atoms with van der Waals surface area (Å²) in [5.41, 5.74) is 7.36. The number of fused-ring (bicyclic) bond motifs is 2. The number of benzene rings is 6. The average Bonchev–Trinajstić information content (AvgIpc) is 4.17. The van der Waals surface area contributed by atoms with Crippen molar-refractivity contribution in [3.63, 3.8) is 0 Å². The summed E-state index contributed by atoms with van der Waals surface area (Å²) in [6.07, 6.45) is 3.06. The zero-order valence-electron chi connectivity index (χ0n) is 34.5. The molecule has 16 heteroatoms. The number of ether oxygens (including phenoxy) is 4. The second-order valence-corrected chi connectivity index (χ2v) is 20.2. The van der Waals surface area contributed by atoms with Gasteiger partial charge in [0.25, 0.3) is 19.2 Å². The minimum Gasteiger partial charge on any atom is -0.454 e. The van der Waals surface area contributed by atoms with E-state index < -0.39 is 30.0 Å². The highest BCUT2D eigenvalue weighted by atomic mass is 35.7. The topological polar surface area (TPSA) is 184 Å². The van der Waals surface area contributed by atoms with E-state index in [0.29, 0.717) is 34.4 Å². The normalized spacial score (nSPS) is 15.9. The molecule has 13 nitrogen and oxygen atoms in total. The van der Waals surface area contributed by atoms with Gasteiger partial charge in [-0.25, -0.2) is 8.42 Å². The van der Waals surface area contributed by atoms with Crippen LogP contribution in [0.1, 0.15) is 47.9 Å². The van der Waals surface area contributed by atoms with Crippen LogP contribution in [-0.4, -0.2) is 46.8 Å². The van der Waals surface area contributed by atoms with E-state index in [0.717, 1.165) is 70.2 Å². The highest BCUT2D eigenvalue weighted by Crippen LogP contribution is 2.52. The monoisotopic (exact) mass is 920 g/mol. The minimum atomic E-state index is -4.25. The molecule has 10 rings (SSSR count). The van der Waals surface area contributed by atoms with Gasteiger partial charge in [-0.15, -0.1) is 0 Å². The van der Waals surface area contributed by atoms with Crippen LogP contribution in [0.25, 0.3) is 22.3 Å². The number of carbonyl (C=O) groups excluding carboxylic acids is 2. The number of carbonyl (C=O) groups is 2. The van der Waals surface area contributed by atoms with Gasteiger partial charge in [-0.05, 0) is 157 Å². The number of nitrogens with one attached hydrogen (secondary N) is 2. The maximum Gasteiger partial charge on any atom is 0.294 e. The molecule has 4 aliphatic rings. The molecular weight excluding hydrogens is 880 g/mol. The smallest absolute Gasteiger partial charge is 0.294 e. The molecule has 328 valence electrons. The van der Waals surface area contributed by atoms with Gasteiger partial charge in [0, 0.05) is 22.1 Å². The van der Waals surface area contributed by atoms with E-state index >= 15 is 0 Å². The molecule has 2 fully saturated rings. The predicted octanol–water partition coefficient (Wildman–Crippen LogP) is 9.30. The molecule has 6 aromatic rings. The molecule has 64 heavy (non-hydrogen) atoms. The molecule has 0 unspecified atom stereocenters. The summed E-state index contributed by atoms with van der Waals surface area (Å²) in [5.74, 6) is 2.58. The van der Waals surface area contributed by atoms with Crippen molar-refractivity contribution in [1.29, 1.82) is 0 Å². The molecule has 0 atom stereocenters. The van der Waals surface area contributed by atoms with Gasteiger partial charge >= 0.3 is 0 Å². The Labute approximate surface area is 374 Å². The number of amides is 2. The van der Waals surface area contributed by atoms with Gasteiger partial charge in [0.1, 0.15) is 0 Å². The second kappa shape index (κ2) is 16.3. The molecule has 2 aliphatic heterocycles. The average molecular weight is 921 g/mol. The fourth-order valence-electron chi connectivity index (χ4n) is 8.06. The fraction of sp³-hybridized carbons (Fsp3) is 0.208. The van der Waals surface area contributed by atoms with Gasteiger partial charge in [0.2, 0.25) is 25.4 Å². The van der Waals surface area contributed by atoms with Crippen LogP contribution in [0.15, 0.2) is 131 Å². The maximum absolute atomic E-state index is 13.2. The number of anilines is 2. The first-order chi connectivity index (χ1) is 30.5. The number of rotatable bonds is 10. The lowest BCUT2D eigenvalue weighted by atomic mass is 9.94. The van der Waals surface area contributed by atoms with Crippen molar-refractivity contribution in [2.45, 2.75) is 60.2 Å². The Kier molecular flexibility index (Phi) is 10.9. The van der Waals surface area contributed by atoms with Crippen LogP contribution in [0.4, 0.5) is 11.4 Å². The van der Waals surface area contributed by atoms with Gasteiger partial charge < -0.3 is 29.6 Å². The van der Waals surface area contributed by atoms with E-state index in [9.17, 15) is 31.0 Å². The van der Waals surface area contributed by atoms with E-state index in [1.807, 2.05) is 86.6 Å². The predicted molar refractivity (Wildman–Crippen MR) is 240 cm³/mol. The molecule has 6 aromatic carbocycles. The van der Waals surface area contributed by atoms with E-state index in [-0.39, 0.29) is 35.2 Å². The summed E-state index contributed by atoms with van der Waals surface area (Å²) in [4.78, 5) is 26.3. The Bertz CT molecular complexity index is 2870. The quantitative estimate of drug-likeness (QED) is 0.0879. The highest BCUT2D eigenvalue weighted by molar-refractivity contribution is 8.13. The number of aryl methyl sites for hydroxylation is 2. The van der Waals surface area contributed by atoms with Crippen LogP contribution in [0.5, 0.6) is 23.0 Å². The Morgan fingerprint density at radius 3 is 1.30 bits per heavy atom. The molecular formula is C48H41ClN2O11S2. The molecule has 3 N–H and O–H groups in total. The highest BCUT2D eigenvalue weighted by Gasteiger charge is 2.52. The largest absolute Gasteiger partial charge is 0.454 e. The van der Waals surface area contributed by atoms with Crippen molar-refractivity contribution in [2.75, 3.05) is 24.2 Å². The molecule has 0 bridgehead atoms. The molecule has 2 saturated carbocycles. The first kappa shape index (κ1) is 42.9. The van der Waals surface area contributed by atoms with Gasteiger partial charge in [-0.3, -0.25) is 14.1 Å². The summed E-state index contributed by atoms with van der Waals surface area (Å²) in [6.45, 7) is 4.28. The molecule has 2 amide bonds.